The van der Waals surface area contributed by atoms with Crippen LogP contribution >= 0.6 is 0 Å². The van der Waals surface area contributed by atoms with Gasteiger partial charge in [-0.1, -0.05) is 6.07 Å². The molecule has 0 spiro atoms. The van der Waals surface area contributed by atoms with E-state index in [4.69, 9.17) is 15.2 Å². The van der Waals surface area contributed by atoms with Crippen LogP contribution in [0.3, 0.4) is 0 Å². The Labute approximate surface area is 129 Å². The molecular formula is C17H18N3O2+. The van der Waals surface area contributed by atoms with Gasteiger partial charge in [0.1, 0.15) is 17.3 Å². The molecule has 0 saturated heterocycles. The lowest BCUT2D eigenvalue weighted by Gasteiger charge is -2.13. The second kappa shape index (κ2) is 5.57. The van der Waals surface area contributed by atoms with Gasteiger partial charge >= 0.3 is 0 Å². The van der Waals surface area contributed by atoms with Crippen molar-refractivity contribution in [3.8, 4) is 28.7 Å². The molecule has 1 aliphatic rings. The minimum Gasteiger partial charge on any atom is -0.493 e. The predicted octanol–water partition coefficient (Wildman–Crippen LogP) is 2.13. The minimum absolute atomic E-state index is 0.424. The molecule has 5 nitrogen and oxygen atoms in total. The fourth-order valence-electron chi connectivity index (χ4n) is 3.09. The number of aryl methyl sites for hydroxylation is 1. The van der Waals surface area contributed by atoms with Gasteiger partial charge < -0.3 is 9.47 Å². The maximum Gasteiger partial charge on any atom is 0.289 e. The number of ether oxygens (including phenoxy) is 2. The number of rotatable bonds is 3. The number of H-pyrrole nitrogens is 1. The third kappa shape index (κ3) is 2.13. The summed E-state index contributed by atoms with van der Waals surface area (Å²) in [6, 6.07) is 7.92. The number of fused-ring (bicyclic) bond motifs is 1. The predicted molar refractivity (Wildman–Crippen MR) is 82.7 cm³/mol. The number of hydrogen-bond donors (Lipinski definition) is 1. The number of aromatic nitrogens is 1. The second-order valence-electron chi connectivity index (χ2n) is 5.28. The summed E-state index contributed by atoms with van der Waals surface area (Å²) in [5.74, 6) is 1.73. The number of nitriles is 1. The van der Waals surface area contributed by atoms with Gasteiger partial charge in [0.25, 0.3) is 5.82 Å². The number of nitrogens with two attached hydrogens (primary N) is 1. The number of nitrogen functional groups attached to an aromatic ring is 1. The number of nitrogens with one attached hydrogen (secondary N) is 1. The van der Waals surface area contributed by atoms with Gasteiger partial charge in [0.05, 0.1) is 14.2 Å². The van der Waals surface area contributed by atoms with Crippen LogP contribution in [0.1, 0.15) is 23.2 Å². The SMILES string of the molecule is COc1ccc(-c2c(C#N)c(N)[nH+]c3c2CCC3)cc1OC. The van der Waals surface area contributed by atoms with Gasteiger partial charge in [0, 0.05) is 17.5 Å². The third-order valence-electron chi connectivity index (χ3n) is 4.11. The molecule has 0 atom stereocenters. The summed E-state index contributed by atoms with van der Waals surface area (Å²) < 4.78 is 10.7. The lowest BCUT2D eigenvalue weighted by molar-refractivity contribution is -0.372. The van der Waals surface area contributed by atoms with Crippen LogP contribution in [-0.4, -0.2) is 14.2 Å². The Hall–Kier alpha value is -2.74. The van der Waals surface area contributed by atoms with Crippen LogP contribution in [0.15, 0.2) is 18.2 Å². The first-order valence-electron chi connectivity index (χ1n) is 7.18. The zero-order chi connectivity index (χ0) is 15.7. The highest BCUT2D eigenvalue weighted by molar-refractivity contribution is 5.79. The van der Waals surface area contributed by atoms with Crippen LogP contribution in [0.25, 0.3) is 11.1 Å². The van der Waals surface area contributed by atoms with Crippen molar-refractivity contribution >= 4 is 5.82 Å². The Morgan fingerprint density at radius 3 is 2.64 bits per heavy atom. The van der Waals surface area contributed by atoms with E-state index in [0.29, 0.717) is 22.9 Å². The van der Waals surface area contributed by atoms with Gasteiger partial charge in [0.2, 0.25) is 0 Å². The normalized spacial score (nSPS) is 12.6. The molecule has 0 aliphatic heterocycles. The standard InChI is InChI=1S/C17H17N3O2/c1-21-14-7-6-10(8-15(14)22-2)16-11-4-3-5-13(11)20-17(19)12(16)9-18/h6-8H,3-5H2,1-2H3,(H2,19,20)/p+1. The van der Waals surface area contributed by atoms with E-state index in [2.05, 4.69) is 11.1 Å². The minimum atomic E-state index is 0.424. The molecule has 112 valence electrons. The van der Waals surface area contributed by atoms with Crippen LogP contribution in [0.4, 0.5) is 5.82 Å². The van der Waals surface area contributed by atoms with Gasteiger partial charge in [-0.15, -0.1) is 0 Å². The second-order valence-corrected chi connectivity index (χ2v) is 5.28. The molecule has 0 unspecified atom stereocenters. The molecule has 0 radical (unpaired) electrons. The van der Waals surface area contributed by atoms with E-state index in [1.807, 2.05) is 18.2 Å². The Balaban J connectivity index is 2.27. The highest BCUT2D eigenvalue weighted by Gasteiger charge is 2.26. The van der Waals surface area contributed by atoms with Crippen molar-refractivity contribution in [2.75, 3.05) is 20.0 Å². The fraction of sp³-hybridized carbons (Fsp3) is 0.294. The van der Waals surface area contributed by atoms with Crippen molar-refractivity contribution in [1.82, 2.24) is 0 Å². The summed E-state index contributed by atoms with van der Waals surface area (Å²) >= 11 is 0. The number of nitrogens with zero attached hydrogens (tertiary/aromatic N) is 1. The molecule has 3 N–H and O–H groups in total. The molecule has 0 fully saturated rings. The maximum absolute atomic E-state index is 9.51. The van der Waals surface area contributed by atoms with Gasteiger partial charge in [-0.3, -0.25) is 5.73 Å². The quantitative estimate of drug-likeness (QED) is 0.940. The van der Waals surface area contributed by atoms with Crippen molar-refractivity contribution < 1.29 is 14.5 Å². The molecule has 0 saturated carbocycles. The molecule has 1 aliphatic carbocycles. The fourth-order valence-corrected chi connectivity index (χ4v) is 3.09. The Morgan fingerprint density at radius 2 is 1.95 bits per heavy atom. The van der Waals surface area contributed by atoms with Crippen molar-refractivity contribution in [1.29, 1.82) is 5.26 Å². The zero-order valence-electron chi connectivity index (χ0n) is 12.7. The molecule has 0 bridgehead atoms. The Kier molecular flexibility index (Phi) is 3.60. The number of pyridine rings is 1. The number of methoxy groups -OCH3 is 2. The van der Waals surface area contributed by atoms with Crippen LogP contribution in [0.5, 0.6) is 11.5 Å². The van der Waals surface area contributed by atoms with Gasteiger partial charge in [-0.25, -0.2) is 4.98 Å². The van der Waals surface area contributed by atoms with E-state index in [-0.39, 0.29) is 0 Å². The third-order valence-corrected chi connectivity index (χ3v) is 4.11. The highest BCUT2D eigenvalue weighted by atomic mass is 16.5. The lowest BCUT2D eigenvalue weighted by atomic mass is 9.94. The van der Waals surface area contributed by atoms with Crippen molar-refractivity contribution in [2.45, 2.75) is 19.3 Å². The first-order valence-corrected chi connectivity index (χ1v) is 7.18. The topological polar surface area (TPSA) is 82.4 Å². The summed E-state index contributed by atoms with van der Waals surface area (Å²) in [6.07, 6.45) is 2.98. The molecule has 2 aromatic rings. The van der Waals surface area contributed by atoms with Crippen LogP contribution < -0.4 is 20.2 Å². The number of anilines is 1. The average Bonchev–Trinajstić information content (AvgIpc) is 3.00. The summed E-state index contributed by atoms with van der Waals surface area (Å²) in [7, 11) is 3.20. The highest BCUT2D eigenvalue weighted by Crippen LogP contribution is 2.38. The van der Waals surface area contributed by atoms with E-state index < -0.39 is 0 Å². The molecule has 22 heavy (non-hydrogen) atoms. The molecule has 1 aromatic carbocycles. The first kappa shape index (κ1) is 14.2. The van der Waals surface area contributed by atoms with Crippen LogP contribution in [0.2, 0.25) is 0 Å². The molecule has 5 heteroatoms. The molecular weight excluding hydrogens is 278 g/mol. The van der Waals surface area contributed by atoms with Crippen molar-refractivity contribution in [2.24, 2.45) is 0 Å². The number of hydrogen-bond acceptors (Lipinski definition) is 4. The smallest absolute Gasteiger partial charge is 0.289 e. The summed E-state index contributed by atoms with van der Waals surface area (Å²) in [6.45, 7) is 0. The largest absolute Gasteiger partial charge is 0.493 e. The van der Waals surface area contributed by atoms with Crippen molar-refractivity contribution in [3.63, 3.8) is 0 Å². The van der Waals surface area contributed by atoms with E-state index in [9.17, 15) is 5.26 Å². The number of aromatic amines is 1. The van der Waals surface area contributed by atoms with Crippen molar-refractivity contribution in [3.05, 3.63) is 35.0 Å². The average molecular weight is 296 g/mol. The maximum atomic E-state index is 9.51. The summed E-state index contributed by atoms with van der Waals surface area (Å²) in [5.41, 5.74) is 10.7. The van der Waals surface area contributed by atoms with E-state index in [1.54, 1.807) is 14.2 Å². The van der Waals surface area contributed by atoms with E-state index in [0.717, 1.165) is 36.1 Å². The van der Waals surface area contributed by atoms with Gasteiger partial charge in [-0.2, -0.15) is 5.26 Å². The molecule has 3 rings (SSSR count). The summed E-state index contributed by atoms with van der Waals surface area (Å²) in [4.78, 5) is 3.17. The monoisotopic (exact) mass is 296 g/mol. The number of benzene rings is 1. The molecule has 0 amide bonds. The Bertz CT molecular complexity index is 778. The first-order chi connectivity index (χ1) is 10.7. The van der Waals surface area contributed by atoms with Gasteiger partial charge in [-0.05, 0) is 30.5 Å². The summed E-state index contributed by atoms with van der Waals surface area (Å²) in [5, 5.41) is 9.51. The van der Waals surface area contributed by atoms with E-state index in [1.165, 1.54) is 5.56 Å². The lowest BCUT2D eigenvalue weighted by Crippen LogP contribution is -2.19. The van der Waals surface area contributed by atoms with Crippen LogP contribution in [0, 0.1) is 11.3 Å². The van der Waals surface area contributed by atoms with Crippen LogP contribution in [-0.2, 0) is 12.8 Å². The Morgan fingerprint density at radius 1 is 1.18 bits per heavy atom. The molecule has 1 aromatic heterocycles. The van der Waals surface area contributed by atoms with E-state index >= 15 is 0 Å². The zero-order valence-corrected chi connectivity index (χ0v) is 12.7. The van der Waals surface area contributed by atoms with Gasteiger partial charge in [0.15, 0.2) is 11.5 Å². The molecule has 1 heterocycles.